The highest BCUT2D eigenvalue weighted by molar-refractivity contribution is 7.89. The van der Waals surface area contributed by atoms with Crippen LogP contribution in [0.5, 0.6) is 0 Å². The Bertz CT molecular complexity index is 869. The summed E-state index contributed by atoms with van der Waals surface area (Å²) in [5.41, 5.74) is 0.346. The molecule has 2 aromatic rings. The Balaban J connectivity index is 2.33. The molecule has 23 heavy (non-hydrogen) atoms. The first kappa shape index (κ1) is 17.7. The van der Waals surface area contributed by atoms with E-state index in [1.54, 1.807) is 19.1 Å². The molecule has 0 fully saturated rings. The maximum Gasteiger partial charge on any atom is 0.276 e. The lowest BCUT2D eigenvalue weighted by Gasteiger charge is -2.07. The third-order valence-corrected chi connectivity index (χ3v) is 4.71. The number of nitrogens with one attached hydrogen (secondary N) is 1. The van der Waals surface area contributed by atoms with Gasteiger partial charge in [0.15, 0.2) is 5.17 Å². The van der Waals surface area contributed by atoms with Crippen molar-refractivity contribution in [3.8, 4) is 0 Å². The summed E-state index contributed by atoms with van der Waals surface area (Å²) < 4.78 is 51.1. The van der Waals surface area contributed by atoms with Crippen molar-refractivity contribution in [3.63, 3.8) is 0 Å². The first-order valence-corrected chi connectivity index (χ1v) is 8.42. The number of sulfonamides is 1. The highest BCUT2D eigenvalue weighted by Crippen LogP contribution is 2.24. The molecule has 0 amide bonds. The number of hydrazone groups is 1. The maximum atomic E-state index is 13.7. The fourth-order valence-corrected chi connectivity index (χ4v) is 3.02. The summed E-state index contributed by atoms with van der Waals surface area (Å²) in [5.74, 6) is -1.84. The van der Waals surface area contributed by atoms with Crippen LogP contribution < -0.4 is 4.83 Å². The van der Waals surface area contributed by atoms with Gasteiger partial charge in [-0.1, -0.05) is 40.9 Å². The number of benzene rings is 2. The largest absolute Gasteiger partial charge is 0.276 e. The number of hydrogen-bond donors (Lipinski definition) is 1. The fraction of sp³-hybridized carbons (Fsp3) is 0.0714. The average Bonchev–Trinajstić information content (AvgIpc) is 2.50. The molecule has 2 aromatic carbocycles. The SMILES string of the molecule is Cc1ccc(S(=O)(=O)NN=C(Cl)c2c(F)ccc(F)c2Cl)cc1. The van der Waals surface area contributed by atoms with Crippen LogP contribution in [0, 0.1) is 18.6 Å². The lowest BCUT2D eigenvalue weighted by atomic mass is 10.2. The van der Waals surface area contributed by atoms with Crippen molar-refractivity contribution in [1.29, 1.82) is 0 Å². The van der Waals surface area contributed by atoms with Gasteiger partial charge in [-0.3, -0.25) is 0 Å². The van der Waals surface area contributed by atoms with Gasteiger partial charge >= 0.3 is 0 Å². The summed E-state index contributed by atoms with van der Waals surface area (Å²) in [5, 5.41) is 2.17. The van der Waals surface area contributed by atoms with Crippen LogP contribution >= 0.6 is 23.2 Å². The number of hydrogen-bond acceptors (Lipinski definition) is 3. The Morgan fingerprint density at radius 3 is 2.26 bits per heavy atom. The topological polar surface area (TPSA) is 58.5 Å². The van der Waals surface area contributed by atoms with E-state index in [2.05, 4.69) is 5.10 Å². The van der Waals surface area contributed by atoms with Crippen molar-refractivity contribution < 1.29 is 17.2 Å². The van der Waals surface area contributed by atoms with Gasteiger partial charge in [0.2, 0.25) is 0 Å². The highest BCUT2D eigenvalue weighted by atomic mass is 35.5. The molecular formula is C14H10Cl2F2N2O2S. The minimum absolute atomic E-state index is 0.0536. The first-order chi connectivity index (χ1) is 10.7. The smallest absolute Gasteiger partial charge is 0.206 e. The van der Waals surface area contributed by atoms with Crippen LogP contribution in [-0.2, 0) is 10.0 Å². The van der Waals surface area contributed by atoms with E-state index >= 15 is 0 Å². The van der Waals surface area contributed by atoms with E-state index < -0.39 is 37.4 Å². The first-order valence-electron chi connectivity index (χ1n) is 6.18. The standard InChI is InChI=1S/C14H10Cl2F2N2O2S/c1-8-2-4-9(5-3-8)23(21,22)20-19-14(16)12-10(17)6-7-11(18)13(12)15/h2-7,20H,1H3. The van der Waals surface area contributed by atoms with Crippen molar-refractivity contribution in [3.05, 3.63) is 64.2 Å². The van der Waals surface area contributed by atoms with E-state index in [1.807, 2.05) is 4.83 Å². The molecule has 0 heterocycles. The maximum absolute atomic E-state index is 13.7. The van der Waals surface area contributed by atoms with Crippen LogP contribution in [0.2, 0.25) is 5.02 Å². The van der Waals surface area contributed by atoms with Gasteiger partial charge in [-0.05, 0) is 31.2 Å². The molecule has 9 heteroatoms. The molecule has 0 aliphatic carbocycles. The van der Waals surface area contributed by atoms with Gasteiger partial charge in [-0.15, -0.1) is 0 Å². The predicted octanol–water partition coefficient (Wildman–Crippen LogP) is 3.81. The molecule has 0 spiro atoms. The quantitative estimate of drug-likeness (QED) is 0.499. The molecule has 0 aromatic heterocycles. The van der Waals surface area contributed by atoms with Crippen molar-refractivity contribution in [2.24, 2.45) is 5.10 Å². The van der Waals surface area contributed by atoms with Crippen LogP contribution in [0.1, 0.15) is 11.1 Å². The van der Waals surface area contributed by atoms with Gasteiger partial charge < -0.3 is 0 Å². The molecule has 0 aliphatic rings. The molecule has 122 valence electrons. The van der Waals surface area contributed by atoms with E-state index in [9.17, 15) is 17.2 Å². The molecule has 0 radical (unpaired) electrons. The van der Waals surface area contributed by atoms with Crippen molar-refractivity contribution in [1.82, 2.24) is 4.83 Å². The summed E-state index contributed by atoms with van der Waals surface area (Å²) in [4.78, 5) is 1.79. The minimum Gasteiger partial charge on any atom is -0.206 e. The molecule has 0 atom stereocenters. The van der Waals surface area contributed by atoms with Gasteiger partial charge in [-0.2, -0.15) is 18.4 Å². The summed E-state index contributed by atoms with van der Waals surface area (Å²) in [6.07, 6.45) is 0. The number of nitrogens with zero attached hydrogens (tertiary/aromatic N) is 1. The Morgan fingerprint density at radius 1 is 1.09 bits per heavy atom. The second-order valence-electron chi connectivity index (χ2n) is 4.53. The molecule has 0 saturated carbocycles. The van der Waals surface area contributed by atoms with Gasteiger partial charge in [-0.25, -0.2) is 8.78 Å². The van der Waals surface area contributed by atoms with E-state index in [0.29, 0.717) is 0 Å². The van der Waals surface area contributed by atoms with Crippen LogP contribution in [0.15, 0.2) is 46.4 Å². The second-order valence-corrected chi connectivity index (χ2v) is 6.93. The average molecular weight is 379 g/mol. The summed E-state index contributed by atoms with van der Waals surface area (Å²) in [6, 6.07) is 7.57. The summed E-state index contributed by atoms with van der Waals surface area (Å²) in [6.45, 7) is 1.80. The third kappa shape index (κ3) is 3.99. The second kappa shape index (κ2) is 6.82. The van der Waals surface area contributed by atoms with Gasteiger partial charge in [0.05, 0.1) is 15.5 Å². The van der Waals surface area contributed by atoms with Crippen LogP contribution in [-0.4, -0.2) is 13.6 Å². The van der Waals surface area contributed by atoms with E-state index in [-0.39, 0.29) is 4.90 Å². The molecule has 4 nitrogen and oxygen atoms in total. The summed E-state index contributed by atoms with van der Waals surface area (Å²) >= 11 is 11.4. The number of halogens is 4. The predicted molar refractivity (Wildman–Crippen MR) is 85.3 cm³/mol. The van der Waals surface area contributed by atoms with Gasteiger partial charge in [0.25, 0.3) is 10.0 Å². The number of aryl methyl sites for hydroxylation is 1. The third-order valence-electron chi connectivity index (χ3n) is 2.85. The zero-order chi connectivity index (χ0) is 17.2. The lowest BCUT2D eigenvalue weighted by Crippen LogP contribution is -2.20. The molecule has 0 bridgehead atoms. The zero-order valence-corrected chi connectivity index (χ0v) is 14.0. The Hall–Kier alpha value is -1.70. The van der Waals surface area contributed by atoms with Crippen LogP contribution in [0.25, 0.3) is 0 Å². The molecule has 0 aliphatic heterocycles. The molecular weight excluding hydrogens is 369 g/mol. The minimum atomic E-state index is -4.00. The van der Waals surface area contributed by atoms with E-state index in [0.717, 1.165) is 17.7 Å². The Labute approximate surface area is 141 Å². The van der Waals surface area contributed by atoms with Crippen molar-refractivity contribution in [2.75, 3.05) is 0 Å². The van der Waals surface area contributed by atoms with E-state index in [1.165, 1.54) is 12.1 Å². The zero-order valence-electron chi connectivity index (χ0n) is 11.6. The normalized spacial score (nSPS) is 12.3. The van der Waals surface area contributed by atoms with E-state index in [4.69, 9.17) is 23.2 Å². The van der Waals surface area contributed by atoms with Gasteiger partial charge in [0.1, 0.15) is 11.6 Å². The van der Waals surface area contributed by atoms with Gasteiger partial charge in [0, 0.05) is 0 Å². The van der Waals surface area contributed by atoms with Crippen molar-refractivity contribution in [2.45, 2.75) is 11.8 Å². The summed E-state index contributed by atoms with van der Waals surface area (Å²) in [7, 11) is -4.00. The Kier molecular flexibility index (Phi) is 5.23. The van der Waals surface area contributed by atoms with Crippen LogP contribution in [0.4, 0.5) is 8.78 Å². The van der Waals surface area contributed by atoms with Crippen molar-refractivity contribution >= 4 is 38.4 Å². The highest BCUT2D eigenvalue weighted by Gasteiger charge is 2.18. The molecule has 2 rings (SSSR count). The Morgan fingerprint density at radius 2 is 1.65 bits per heavy atom. The molecule has 0 saturated heterocycles. The number of rotatable bonds is 4. The molecule has 1 N–H and O–H groups in total. The molecule has 0 unspecified atom stereocenters. The van der Waals surface area contributed by atoms with Crippen LogP contribution in [0.3, 0.4) is 0 Å². The lowest BCUT2D eigenvalue weighted by molar-refractivity contribution is 0.584. The fourth-order valence-electron chi connectivity index (χ4n) is 1.64. The monoisotopic (exact) mass is 378 g/mol.